The Hall–Kier alpha value is -2.45. The lowest BCUT2D eigenvalue weighted by atomic mass is 10.00. The molecule has 3 aliphatic rings. The number of aromatic nitrogens is 1. The van der Waals surface area contributed by atoms with Crippen LogP contribution in [0.3, 0.4) is 0 Å². The molecule has 14 heteroatoms. The number of ether oxygens (including phenoxy) is 1. The first-order valence-corrected chi connectivity index (χ1v) is 11.3. The first kappa shape index (κ1) is 29.8. The quantitative estimate of drug-likeness (QED) is 0.574. The molecule has 3 saturated heterocycles. The molecule has 2 N–H and O–H groups in total. The van der Waals surface area contributed by atoms with Crippen LogP contribution < -0.4 is 0 Å². The van der Waals surface area contributed by atoms with Gasteiger partial charge in [-0.2, -0.15) is 26.3 Å². The summed E-state index contributed by atoms with van der Waals surface area (Å²) in [5.74, 6) is -2.88. The maximum absolute atomic E-state index is 10.6. The molecule has 0 aromatic carbocycles. The van der Waals surface area contributed by atoms with Crippen molar-refractivity contribution in [3.63, 3.8) is 0 Å². The van der Waals surface area contributed by atoms with Crippen LogP contribution in [0.5, 0.6) is 0 Å². The van der Waals surface area contributed by atoms with Gasteiger partial charge in [0.2, 0.25) is 0 Å². The number of pyridine rings is 1. The number of hydrogen-bond donors (Lipinski definition) is 2. The fourth-order valence-corrected chi connectivity index (χ4v) is 4.48. The van der Waals surface area contributed by atoms with E-state index in [1.807, 2.05) is 12.3 Å². The molecule has 4 rings (SSSR count). The number of likely N-dealkylation sites (tertiary alicyclic amines) is 2. The van der Waals surface area contributed by atoms with Gasteiger partial charge in [0.05, 0.1) is 5.69 Å². The van der Waals surface area contributed by atoms with Crippen molar-refractivity contribution in [2.75, 3.05) is 45.9 Å². The fraction of sp³-hybridized carbons (Fsp3) is 0.682. The van der Waals surface area contributed by atoms with Crippen molar-refractivity contribution in [3.8, 4) is 0 Å². The van der Waals surface area contributed by atoms with Gasteiger partial charge in [0.25, 0.3) is 0 Å². The van der Waals surface area contributed by atoms with Crippen LogP contribution in [-0.4, -0.2) is 95.2 Å². The number of rotatable bonds is 4. The topological polar surface area (TPSA) is 103 Å². The van der Waals surface area contributed by atoms with Gasteiger partial charge in [0, 0.05) is 58.7 Å². The summed E-state index contributed by atoms with van der Waals surface area (Å²) < 4.78 is 69.0. The number of carboxylic acids is 2. The molecular weight excluding hydrogens is 500 g/mol. The van der Waals surface area contributed by atoms with Gasteiger partial charge in [0.15, 0.2) is 0 Å². The first-order chi connectivity index (χ1) is 16.8. The molecule has 3 aliphatic heterocycles. The van der Waals surface area contributed by atoms with E-state index in [1.54, 1.807) is 0 Å². The maximum atomic E-state index is 10.6. The molecule has 4 heterocycles. The molecule has 204 valence electrons. The highest BCUT2D eigenvalue weighted by atomic mass is 19.4. The van der Waals surface area contributed by atoms with Crippen molar-refractivity contribution in [2.45, 2.75) is 31.7 Å². The van der Waals surface area contributed by atoms with Crippen LogP contribution in [0.15, 0.2) is 24.4 Å². The highest BCUT2D eigenvalue weighted by Gasteiger charge is 2.40. The number of carboxylic acid groups (broad SMARTS) is 2. The van der Waals surface area contributed by atoms with Gasteiger partial charge in [-0.1, -0.05) is 6.07 Å². The van der Waals surface area contributed by atoms with E-state index in [9.17, 15) is 26.3 Å². The van der Waals surface area contributed by atoms with Crippen LogP contribution in [0, 0.1) is 17.8 Å². The number of alkyl halides is 6. The predicted octanol–water partition coefficient (Wildman–Crippen LogP) is 3.14. The molecule has 0 radical (unpaired) electrons. The number of aliphatic carboxylic acids is 2. The van der Waals surface area contributed by atoms with E-state index in [0.717, 1.165) is 37.5 Å². The summed E-state index contributed by atoms with van der Waals surface area (Å²) in [6, 6.07) is 6.23. The zero-order chi connectivity index (χ0) is 26.9. The fourth-order valence-electron chi connectivity index (χ4n) is 4.48. The Labute approximate surface area is 203 Å². The van der Waals surface area contributed by atoms with Crippen LogP contribution in [0.2, 0.25) is 0 Å². The van der Waals surface area contributed by atoms with Crippen LogP contribution in [-0.2, 0) is 20.9 Å². The second kappa shape index (κ2) is 13.2. The van der Waals surface area contributed by atoms with Gasteiger partial charge in [0.1, 0.15) is 0 Å². The van der Waals surface area contributed by atoms with Gasteiger partial charge in [-0.05, 0) is 42.7 Å². The Kier molecular flexibility index (Phi) is 10.9. The summed E-state index contributed by atoms with van der Waals surface area (Å²) in [6.07, 6.45) is -5.74. The van der Waals surface area contributed by atoms with E-state index in [-0.39, 0.29) is 0 Å². The lowest BCUT2D eigenvalue weighted by Crippen LogP contribution is -2.34. The second-order valence-electron chi connectivity index (χ2n) is 8.92. The summed E-state index contributed by atoms with van der Waals surface area (Å²) in [5, 5.41) is 14.2. The van der Waals surface area contributed by atoms with E-state index >= 15 is 0 Å². The predicted molar refractivity (Wildman–Crippen MR) is 114 cm³/mol. The molecule has 0 amide bonds. The van der Waals surface area contributed by atoms with Crippen molar-refractivity contribution >= 4 is 11.9 Å². The minimum Gasteiger partial charge on any atom is -0.475 e. The zero-order valence-electron chi connectivity index (χ0n) is 19.3. The van der Waals surface area contributed by atoms with Gasteiger partial charge in [-0.25, -0.2) is 9.59 Å². The molecule has 0 spiro atoms. The van der Waals surface area contributed by atoms with Crippen molar-refractivity contribution < 1.29 is 50.9 Å². The maximum Gasteiger partial charge on any atom is 0.490 e. The third-order valence-corrected chi connectivity index (χ3v) is 6.09. The molecule has 0 aliphatic carbocycles. The Balaban J connectivity index is 0.000000271. The summed E-state index contributed by atoms with van der Waals surface area (Å²) in [4.78, 5) is 27.6. The summed E-state index contributed by atoms with van der Waals surface area (Å²) >= 11 is 0. The molecule has 2 atom stereocenters. The number of fused-ring (bicyclic) bond motifs is 1. The van der Waals surface area contributed by atoms with Crippen LogP contribution in [0.25, 0.3) is 0 Å². The molecule has 0 saturated carbocycles. The Morgan fingerprint density at radius 2 is 1.36 bits per heavy atom. The van der Waals surface area contributed by atoms with E-state index in [1.165, 1.54) is 51.3 Å². The number of hydrogen-bond acceptors (Lipinski definition) is 6. The highest BCUT2D eigenvalue weighted by Crippen LogP contribution is 2.32. The minimum atomic E-state index is -5.08. The number of nitrogens with zero attached hydrogens (tertiary/aromatic N) is 3. The van der Waals surface area contributed by atoms with Crippen molar-refractivity contribution in [1.29, 1.82) is 0 Å². The molecule has 36 heavy (non-hydrogen) atoms. The average Bonchev–Trinajstić information content (AvgIpc) is 3.32. The first-order valence-electron chi connectivity index (χ1n) is 11.3. The highest BCUT2D eigenvalue weighted by molar-refractivity contribution is 5.73. The summed E-state index contributed by atoms with van der Waals surface area (Å²) in [7, 11) is 0. The van der Waals surface area contributed by atoms with Gasteiger partial charge in [-0.3, -0.25) is 9.88 Å². The minimum absolute atomic E-state index is 0.872. The van der Waals surface area contributed by atoms with E-state index in [2.05, 4.69) is 26.9 Å². The standard InChI is InChI=1S/C18H27N3O.2C2HF3O2/c1-2-6-19-18(3-1)14-21-12-16-10-20(11-17(16)13-21)9-15-4-7-22-8-5-15;2*3-2(4,5)1(6)7/h1-3,6,15-17H,4-5,7-14H2;2*(H,6,7)/t16-,17+;;. The lowest BCUT2D eigenvalue weighted by Gasteiger charge is -2.28. The lowest BCUT2D eigenvalue weighted by molar-refractivity contribution is -0.193. The van der Waals surface area contributed by atoms with E-state index in [0.29, 0.717) is 0 Å². The van der Waals surface area contributed by atoms with Crippen LogP contribution in [0.4, 0.5) is 26.3 Å². The monoisotopic (exact) mass is 529 g/mol. The molecule has 1 aromatic heterocycles. The normalized spacial score (nSPS) is 23.2. The van der Waals surface area contributed by atoms with Gasteiger partial charge >= 0.3 is 24.3 Å². The van der Waals surface area contributed by atoms with Gasteiger partial charge < -0.3 is 19.8 Å². The van der Waals surface area contributed by atoms with Crippen molar-refractivity contribution in [1.82, 2.24) is 14.8 Å². The van der Waals surface area contributed by atoms with E-state index < -0.39 is 24.3 Å². The van der Waals surface area contributed by atoms with Crippen molar-refractivity contribution in [2.24, 2.45) is 17.8 Å². The summed E-state index contributed by atoms with van der Waals surface area (Å²) in [6.45, 7) is 9.40. The molecule has 0 bridgehead atoms. The number of carbonyl (C=O) groups is 2. The summed E-state index contributed by atoms with van der Waals surface area (Å²) in [5.41, 5.74) is 1.21. The third kappa shape index (κ3) is 10.3. The molecule has 8 nitrogen and oxygen atoms in total. The van der Waals surface area contributed by atoms with Gasteiger partial charge in [-0.15, -0.1) is 0 Å². The Bertz CT molecular complexity index is 796. The molecular formula is C22H29F6N3O5. The van der Waals surface area contributed by atoms with Crippen LogP contribution in [0.1, 0.15) is 18.5 Å². The van der Waals surface area contributed by atoms with Crippen LogP contribution >= 0.6 is 0 Å². The number of halogens is 6. The smallest absolute Gasteiger partial charge is 0.475 e. The molecule has 3 fully saturated rings. The Morgan fingerprint density at radius 3 is 1.78 bits per heavy atom. The zero-order valence-corrected chi connectivity index (χ0v) is 19.3. The second-order valence-corrected chi connectivity index (χ2v) is 8.92. The largest absolute Gasteiger partial charge is 0.490 e. The van der Waals surface area contributed by atoms with E-state index in [4.69, 9.17) is 24.5 Å². The SMILES string of the molecule is O=C(O)C(F)(F)F.O=C(O)C(F)(F)F.c1ccc(CN2C[C@@H]3CN(CC4CCOCC4)C[C@@H]3C2)nc1. The Morgan fingerprint density at radius 1 is 0.889 bits per heavy atom. The average molecular weight is 529 g/mol. The molecule has 0 unspecified atom stereocenters. The van der Waals surface area contributed by atoms with Crippen molar-refractivity contribution in [3.05, 3.63) is 30.1 Å². The molecule has 1 aromatic rings. The third-order valence-electron chi connectivity index (χ3n) is 6.09.